The number of hydrogen-bond donors (Lipinski definition) is 3. The van der Waals surface area contributed by atoms with E-state index in [0.29, 0.717) is 31.0 Å². The van der Waals surface area contributed by atoms with Gasteiger partial charge in [-0.15, -0.1) is 0 Å². The van der Waals surface area contributed by atoms with Gasteiger partial charge in [0.05, 0.1) is 23.1 Å². The van der Waals surface area contributed by atoms with E-state index >= 15 is 0 Å². The molecule has 1 aromatic heterocycles. The number of ether oxygens (including phenoxy) is 1. The van der Waals surface area contributed by atoms with Crippen molar-refractivity contribution in [3.05, 3.63) is 96.0 Å². The Kier molecular flexibility index (Phi) is 6.84. The van der Waals surface area contributed by atoms with Crippen LogP contribution in [0.5, 0.6) is 5.75 Å². The minimum atomic E-state index is -0.661. The normalized spacial score (nSPS) is 15.3. The zero-order valence-corrected chi connectivity index (χ0v) is 20.4. The van der Waals surface area contributed by atoms with Gasteiger partial charge in [0.15, 0.2) is 0 Å². The summed E-state index contributed by atoms with van der Waals surface area (Å²) in [6.45, 7) is 1.93. The third-order valence-corrected chi connectivity index (χ3v) is 6.64. The van der Waals surface area contributed by atoms with Crippen LogP contribution < -0.4 is 10.5 Å². The Morgan fingerprint density at radius 3 is 2.72 bits per heavy atom. The van der Waals surface area contributed by atoms with Crippen molar-refractivity contribution < 1.29 is 9.84 Å². The molecule has 184 valence electrons. The Balaban J connectivity index is 1.19. The van der Waals surface area contributed by atoms with E-state index < -0.39 is 6.10 Å². The van der Waals surface area contributed by atoms with E-state index in [1.807, 2.05) is 72.5 Å². The fraction of sp³-hybridized carbons (Fsp3) is 0.241. The lowest BCUT2D eigenvalue weighted by Gasteiger charge is -2.31. The molecule has 1 aliphatic rings. The largest absolute Gasteiger partial charge is 0.491 e. The van der Waals surface area contributed by atoms with E-state index in [4.69, 9.17) is 15.9 Å². The first-order valence-electron chi connectivity index (χ1n) is 12.1. The van der Waals surface area contributed by atoms with Crippen molar-refractivity contribution in [1.29, 1.82) is 5.41 Å². The summed E-state index contributed by atoms with van der Waals surface area (Å²) in [6, 6.07) is 23.7. The van der Waals surface area contributed by atoms with Crippen LogP contribution in [0.3, 0.4) is 0 Å². The van der Waals surface area contributed by atoms with Gasteiger partial charge >= 0.3 is 0 Å². The van der Waals surface area contributed by atoms with Gasteiger partial charge in [-0.25, -0.2) is 4.98 Å². The highest BCUT2D eigenvalue weighted by Gasteiger charge is 2.23. The minimum absolute atomic E-state index is 0.186. The molecule has 36 heavy (non-hydrogen) atoms. The molecular formula is C29H31N5O2. The van der Waals surface area contributed by atoms with Crippen LogP contribution in [-0.4, -0.2) is 57.6 Å². The average molecular weight is 482 g/mol. The van der Waals surface area contributed by atoms with Crippen molar-refractivity contribution in [1.82, 2.24) is 14.5 Å². The summed E-state index contributed by atoms with van der Waals surface area (Å²) in [5, 5.41) is 19.3. The summed E-state index contributed by atoms with van der Waals surface area (Å²) in [5.74, 6) is 0.714. The van der Waals surface area contributed by atoms with Crippen molar-refractivity contribution in [3.63, 3.8) is 0 Å². The van der Waals surface area contributed by atoms with Crippen LogP contribution in [0, 0.1) is 5.41 Å². The first-order valence-corrected chi connectivity index (χ1v) is 12.1. The Hall–Kier alpha value is -3.94. The number of fused-ring (bicyclic) bond motifs is 1. The molecule has 7 nitrogen and oxygen atoms in total. The maximum atomic E-state index is 10.7. The van der Waals surface area contributed by atoms with Crippen LogP contribution in [0.2, 0.25) is 0 Å². The SMILES string of the molecule is Cn1cnc2ccc(-c3cccc(OCC(O)CN4CCC(N)=C(C(=N)c5ccccc5)C4)c3)cc21. The molecule has 1 aliphatic heterocycles. The lowest BCUT2D eigenvalue weighted by Crippen LogP contribution is -2.41. The summed E-state index contributed by atoms with van der Waals surface area (Å²) >= 11 is 0. The van der Waals surface area contributed by atoms with Gasteiger partial charge < -0.3 is 20.1 Å². The lowest BCUT2D eigenvalue weighted by atomic mass is 9.96. The Bertz CT molecular complexity index is 1410. The third-order valence-electron chi connectivity index (χ3n) is 6.64. The molecule has 0 spiro atoms. The van der Waals surface area contributed by atoms with Crippen LogP contribution in [-0.2, 0) is 7.05 Å². The second-order valence-corrected chi connectivity index (χ2v) is 9.28. The molecule has 4 N–H and O–H groups in total. The lowest BCUT2D eigenvalue weighted by molar-refractivity contribution is 0.0703. The number of aliphatic hydroxyl groups is 1. The molecule has 0 radical (unpaired) electrons. The number of β-amino-alcohol motifs (C(OH)–C–C–N with tert-alkyl or cyclic N) is 1. The maximum absolute atomic E-state index is 10.7. The van der Waals surface area contributed by atoms with Crippen LogP contribution in [0.25, 0.3) is 22.2 Å². The first-order chi connectivity index (χ1) is 17.5. The molecule has 5 rings (SSSR count). The number of aliphatic hydroxyl groups excluding tert-OH is 1. The molecule has 0 aliphatic carbocycles. The summed E-state index contributed by atoms with van der Waals surface area (Å²) in [5.41, 5.74) is 13.3. The molecule has 0 fully saturated rings. The van der Waals surface area contributed by atoms with E-state index in [1.165, 1.54) is 0 Å². The molecule has 0 saturated carbocycles. The van der Waals surface area contributed by atoms with Crippen LogP contribution in [0.15, 0.2) is 90.4 Å². The van der Waals surface area contributed by atoms with Gasteiger partial charge in [0.1, 0.15) is 18.5 Å². The summed E-state index contributed by atoms with van der Waals surface area (Å²) in [6.07, 6.45) is 1.84. The Labute approximate surface area is 211 Å². The van der Waals surface area contributed by atoms with E-state index in [2.05, 4.69) is 28.1 Å². The van der Waals surface area contributed by atoms with Gasteiger partial charge in [-0.1, -0.05) is 48.5 Å². The van der Waals surface area contributed by atoms with E-state index in [1.54, 1.807) is 0 Å². The monoisotopic (exact) mass is 481 g/mol. The highest BCUT2D eigenvalue weighted by molar-refractivity contribution is 6.11. The molecule has 4 aromatic rings. The molecule has 0 saturated heterocycles. The number of hydrogen-bond acceptors (Lipinski definition) is 6. The topological polar surface area (TPSA) is 100 Å². The van der Waals surface area contributed by atoms with E-state index in [9.17, 15) is 5.11 Å². The number of aryl methyl sites for hydroxylation is 1. The van der Waals surface area contributed by atoms with Crippen molar-refractivity contribution in [2.24, 2.45) is 12.8 Å². The van der Waals surface area contributed by atoms with Crippen LogP contribution in [0.1, 0.15) is 12.0 Å². The Morgan fingerprint density at radius 2 is 1.89 bits per heavy atom. The zero-order valence-electron chi connectivity index (χ0n) is 20.4. The standard InChI is InChI=1S/C29H31N5O2/c1-33-19-32-27-11-10-22(15-28(27)33)21-8-5-9-24(14-21)36-18-23(35)16-34-13-12-26(30)25(17-34)29(31)20-6-3-2-4-7-20/h2-11,14-15,19,23,31,35H,12-13,16-18,30H2,1H3. The number of nitrogens with two attached hydrogens (primary N) is 1. The number of imidazole rings is 1. The fourth-order valence-corrected chi connectivity index (χ4v) is 4.62. The third kappa shape index (κ3) is 5.17. The second kappa shape index (κ2) is 10.4. The summed E-state index contributed by atoms with van der Waals surface area (Å²) in [4.78, 5) is 6.52. The maximum Gasteiger partial charge on any atom is 0.120 e. The molecule has 2 heterocycles. The number of rotatable bonds is 8. The van der Waals surface area contributed by atoms with Gasteiger partial charge in [-0.3, -0.25) is 10.3 Å². The number of benzene rings is 3. The van der Waals surface area contributed by atoms with E-state index in [-0.39, 0.29) is 6.61 Å². The summed E-state index contributed by atoms with van der Waals surface area (Å²) < 4.78 is 7.96. The van der Waals surface area contributed by atoms with Crippen LogP contribution in [0.4, 0.5) is 0 Å². The molecule has 3 aromatic carbocycles. The molecular weight excluding hydrogens is 450 g/mol. The molecule has 1 unspecified atom stereocenters. The van der Waals surface area contributed by atoms with Crippen molar-refractivity contribution in [2.45, 2.75) is 12.5 Å². The first kappa shape index (κ1) is 23.8. The molecule has 0 bridgehead atoms. The zero-order chi connectivity index (χ0) is 25.1. The second-order valence-electron chi connectivity index (χ2n) is 9.28. The number of aromatic nitrogens is 2. The van der Waals surface area contributed by atoms with Crippen LogP contribution >= 0.6 is 0 Å². The average Bonchev–Trinajstić information content (AvgIpc) is 3.29. The summed E-state index contributed by atoms with van der Waals surface area (Å²) in [7, 11) is 1.99. The molecule has 0 amide bonds. The van der Waals surface area contributed by atoms with E-state index in [0.717, 1.165) is 45.5 Å². The predicted molar refractivity (Wildman–Crippen MR) is 143 cm³/mol. The van der Waals surface area contributed by atoms with Gasteiger partial charge in [0, 0.05) is 44.4 Å². The van der Waals surface area contributed by atoms with Gasteiger partial charge in [0.25, 0.3) is 0 Å². The Morgan fingerprint density at radius 1 is 1.08 bits per heavy atom. The van der Waals surface area contributed by atoms with Gasteiger partial charge in [-0.05, 0) is 41.0 Å². The van der Waals surface area contributed by atoms with Crippen molar-refractivity contribution in [3.8, 4) is 16.9 Å². The fourth-order valence-electron chi connectivity index (χ4n) is 4.62. The predicted octanol–water partition coefficient (Wildman–Crippen LogP) is 3.97. The van der Waals surface area contributed by atoms with Gasteiger partial charge in [-0.2, -0.15) is 0 Å². The van der Waals surface area contributed by atoms with Crippen molar-refractivity contribution >= 4 is 16.7 Å². The smallest absolute Gasteiger partial charge is 0.120 e. The quantitative estimate of drug-likeness (QED) is 0.331. The molecule has 7 heteroatoms. The van der Waals surface area contributed by atoms with Gasteiger partial charge in [0.2, 0.25) is 0 Å². The number of nitrogens with one attached hydrogen (secondary N) is 1. The highest BCUT2D eigenvalue weighted by atomic mass is 16.5. The highest BCUT2D eigenvalue weighted by Crippen LogP contribution is 2.27. The molecule has 1 atom stereocenters. The van der Waals surface area contributed by atoms with Crippen molar-refractivity contribution in [2.75, 3.05) is 26.2 Å². The minimum Gasteiger partial charge on any atom is -0.491 e. The number of nitrogens with zero attached hydrogens (tertiary/aromatic N) is 3.